The number of ether oxygens (including phenoxy) is 1. The molecule has 1 aliphatic rings. The predicted octanol–water partition coefficient (Wildman–Crippen LogP) is 3.63. The minimum Gasteiger partial charge on any atom is -0.351 e. The van der Waals surface area contributed by atoms with Crippen molar-refractivity contribution in [3.8, 4) is 11.3 Å². The predicted molar refractivity (Wildman–Crippen MR) is 103 cm³/mol. The van der Waals surface area contributed by atoms with Crippen molar-refractivity contribution in [2.24, 2.45) is 0 Å². The molecule has 0 aromatic carbocycles. The van der Waals surface area contributed by atoms with Crippen molar-refractivity contribution in [2.45, 2.75) is 44.4 Å². The molecule has 4 aromatic heterocycles. The van der Waals surface area contributed by atoms with E-state index < -0.39 is 6.61 Å². The van der Waals surface area contributed by atoms with E-state index in [4.69, 9.17) is 0 Å². The Morgan fingerprint density at radius 3 is 2.86 bits per heavy atom. The van der Waals surface area contributed by atoms with Crippen LogP contribution in [0.4, 0.5) is 14.7 Å². The summed E-state index contributed by atoms with van der Waals surface area (Å²) in [4.78, 5) is 16.8. The summed E-state index contributed by atoms with van der Waals surface area (Å²) < 4.78 is 31.0. The maximum atomic E-state index is 12.3. The van der Waals surface area contributed by atoms with Gasteiger partial charge in [-0.25, -0.2) is 14.5 Å². The molecule has 5 rings (SSSR count). The Hall–Kier alpha value is -3.14. The number of aromatic nitrogens is 6. The largest absolute Gasteiger partial charge is 0.351 e. The Morgan fingerprint density at radius 2 is 2.03 bits per heavy atom. The molecular weight excluding hydrogens is 380 g/mol. The average Bonchev–Trinajstić information content (AvgIpc) is 3.35. The summed E-state index contributed by atoms with van der Waals surface area (Å²) in [5, 5.41) is 8.34. The molecule has 8 nitrogen and oxygen atoms in total. The first-order chi connectivity index (χ1) is 14.2. The number of fused-ring (bicyclic) bond motifs is 2. The lowest BCUT2D eigenvalue weighted by atomic mass is 9.93. The lowest BCUT2D eigenvalue weighted by Crippen LogP contribution is -2.31. The van der Waals surface area contributed by atoms with Gasteiger partial charge in [-0.3, -0.25) is 0 Å². The van der Waals surface area contributed by atoms with Crippen molar-refractivity contribution in [2.75, 3.05) is 5.32 Å². The van der Waals surface area contributed by atoms with Gasteiger partial charge in [0.05, 0.1) is 18.0 Å². The average molecular weight is 399 g/mol. The van der Waals surface area contributed by atoms with Gasteiger partial charge in [-0.2, -0.15) is 18.9 Å². The molecule has 0 atom stereocenters. The molecule has 1 aliphatic carbocycles. The third-order valence-electron chi connectivity index (χ3n) is 5.27. The third-order valence-corrected chi connectivity index (χ3v) is 5.27. The monoisotopic (exact) mass is 399 g/mol. The molecule has 29 heavy (non-hydrogen) atoms. The van der Waals surface area contributed by atoms with Crippen molar-refractivity contribution in [3.05, 3.63) is 36.9 Å². The van der Waals surface area contributed by atoms with Gasteiger partial charge in [0, 0.05) is 41.6 Å². The number of alkyl halides is 2. The zero-order chi connectivity index (χ0) is 19.8. The summed E-state index contributed by atoms with van der Waals surface area (Å²) in [5.41, 5.74) is 3.20. The van der Waals surface area contributed by atoms with Crippen LogP contribution in [0.2, 0.25) is 0 Å². The second-order valence-corrected chi connectivity index (χ2v) is 7.12. The highest BCUT2D eigenvalue weighted by Gasteiger charge is 2.24. The SMILES string of the molecule is FC(F)O[C@H]1CC[C@H](Nc2ncc3c(-c4ccn5nccc5n4)c[nH]c3n2)CC1. The Morgan fingerprint density at radius 1 is 1.17 bits per heavy atom. The van der Waals surface area contributed by atoms with Crippen LogP contribution in [0, 0.1) is 0 Å². The highest BCUT2D eigenvalue weighted by molar-refractivity contribution is 5.92. The summed E-state index contributed by atoms with van der Waals surface area (Å²) in [6, 6.07) is 3.89. The molecule has 1 saturated carbocycles. The Bertz CT molecular complexity index is 1130. The highest BCUT2D eigenvalue weighted by Crippen LogP contribution is 2.28. The number of nitrogens with one attached hydrogen (secondary N) is 2. The van der Waals surface area contributed by atoms with Gasteiger partial charge in [-0.05, 0) is 31.7 Å². The number of aromatic amines is 1. The topological polar surface area (TPSA) is 93.0 Å². The minimum atomic E-state index is -2.71. The fourth-order valence-electron chi connectivity index (χ4n) is 3.82. The highest BCUT2D eigenvalue weighted by atomic mass is 19.3. The van der Waals surface area contributed by atoms with Gasteiger partial charge in [0.15, 0.2) is 5.65 Å². The molecule has 1 fully saturated rings. The number of nitrogens with zero attached hydrogens (tertiary/aromatic N) is 5. The molecule has 0 saturated heterocycles. The Balaban J connectivity index is 1.32. The summed E-state index contributed by atoms with van der Waals surface area (Å²) in [5.74, 6) is 0.517. The molecule has 4 heterocycles. The second kappa shape index (κ2) is 7.36. The van der Waals surface area contributed by atoms with Crippen LogP contribution < -0.4 is 5.32 Å². The van der Waals surface area contributed by atoms with Crippen molar-refractivity contribution in [1.82, 2.24) is 29.5 Å². The Kier molecular flexibility index (Phi) is 4.55. The normalized spacial score (nSPS) is 20.0. The second-order valence-electron chi connectivity index (χ2n) is 7.12. The Labute approximate surface area is 164 Å². The number of anilines is 1. The van der Waals surface area contributed by atoms with Crippen molar-refractivity contribution in [1.29, 1.82) is 0 Å². The molecule has 0 bridgehead atoms. The number of H-pyrrole nitrogens is 1. The summed E-state index contributed by atoms with van der Waals surface area (Å²) in [7, 11) is 0. The molecular formula is C19H19F2N7O. The number of hydrogen-bond donors (Lipinski definition) is 2. The van der Waals surface area contributed by atoms with E-state index in [1.807, 2.05) is 24.5 Å². The molecule has 0 unspecified atom stereocenters. The van der Waals surface area contributed by atoms with Crippen LogP contribution in [0.25, 0.3) is 27.9 Å². The van der Waals surface area contributed by atoms with Crippen molar-refractivity contribution < 1.29 is 13.5 Å². The van der Waals surface area contributed by atoms with E-state index in [2.05, 4.69) is 35.1 Å². The fraction of sp³-hybridized carbons (Fsp3) is 0.368. The summed E-state index contributed by atoms with van der Waals surface area (Å²) in [6.45, 7) is -2.71. The van der Waals surface area contributed by atoms with E-state index in [9.17, 15) is 8.78 Å². The molecule has 0 amide bonds. The standard InChI is InChI=1S/C19H19F2N7O/c20-18(21)29-12-3-1-11(2-4-12)25-19-23-10-14-13(9-22-17(14)27-19)15-6-8-28-16(26-15)5-7-24-28/h5-12,18H,1-4H2,(H2,22,23,25,27)/t11-,12-. The smallest absolute Gasteiger partial charge is 0.345 e. The first-order valence-corrected chi connectivity index (χ1v) is 9.51. The summed E-state index contributed by atoms with van der Waals surface area (Å²) >= 11 is 0. The van der Waals surface area contributed by atoms with Crippen LogP contribution in [0.5, 0.6) is 0 Å². The van der Waals surface area contributed by atoms with E-state index >= 15 is 0 Å². The molecule has 0 radical (unpaired) electrons. The van der Waals surface area contributed by atoms with Gasteiger partial charge in [0.2, 0.25) is 5.95 Å². The van der Waals surface area contributed by atoms with Crippen LogP contribution in [0.3, 0.4) is 0 Å². The van der Waals surface area contributed by atoms with Crippen LogP contribution in [0.15, 0.2) is 36.9 Å². The zero-order valence-electron chi connectivity index (χ0n) is 15.4. The van der Waals surface area contributed by atoms with Crippen LogP contribution in [-0.2, 0) is 4.74 Å². The molecule has 0 aliphatic heterocycles. The fourth-order valence-corrected chi connectivity index (χ4v) is 3.82. The van der Waals surface area contributed by atoms with Crippen molar-refractivity contribution >= 4 is 22.6 Å². The van der Waals surface area contributed by atoms with Gasteiger partial charge in [-0.1, -0.05) is 0 Å². The maximum absolute atomic E-state index is 12.3. The molecule has 4 aromatic rings. The van der Waals surface area contributed by atoms with Crippen molar-refractivity contribution in [3.63, 3.8) is 0 Å². The van der Waals surface area contributed by atoms with Gasteiger partial charge in [0.1, 0.15) is 5.65 Å². The maximum Gasteiger partial charge on any atom is 0.345 e. The number of halogens is 2. The summed E-state index contributed by atoms with van der Waals surface area (Å²) in [6.07, 6.45) is 9.50. The van der Waals surface area contributed by atoms with Gasteiger partial charge in [-0.15, -0.1) is 0 Å². The number of hydrogen-bond acceptors (Lipinski definition) is 6. The first-order valence-electron chi connectivity index (χ1n) is 9.51. The number of rotatable bonds is 5. The minimum absolute atomic E-state index is 0.144. The van der Waals surface area contributed by atoms with Crippen LogP contribution >= 0.6 is 0 Å². The van der Waals surface area contributed by atoms with Crippen LogP contribution in [0.1, 0.15) is 25.7 Å². The molecule has 2 N–H and O–H groups in total. The van der Waals surface area contributed by atoms with Gasteiger partial charge in [0.25, 0.3) is 0 Å². The lowest BCUT2D eigenvalue weighted by molar-refractivity contribution is -0.169. The van der Waals surface area contributed by atoms with Gasteiger partial charge >= 0.3 is 6.61 Å². The zero-order valence-corrected chi connectivity index (χ0v) is 15.4. The van der Waals surface area contributed by atoms with Gasteiger partial charge < -0.3 is 15.0 Å². The first kappa shape index (κ1) is 17.9. The quantitative estimate of drug-likeness (QED) is 0.532. The lowest BCUT2D eigenvalue weighted by Gasteiger charge is -2.28. The van der Waals surface area contributed by atoms with E-state index in [1.165, 1.54) is 0 Å². The van der Waals surface area contributed by atoms with E-state index in [0.717, 1.165) is 35.1 Å². The van der Waals surface area contributed by atoms with E-state index in [1.54, 1.807) is 16.9 Å². The molecule has 0 spiro atoms. The van der Waals surface area contributed by atoms with Crippen LogP contribution in [-0.4, -0.2) is 48.3 Å². The molecule has 10 heteroatoms. The third kappa shape index (κ3) is 3.63. The van der Waals surface area contributed by atoms with E-state index in [-0.39, 0.29) is 12.1 Å². The van der Waals surface area contributed by atoms with E-state index in [0.29, 0.717) is 24.4 Å². The molecule has 150 valence electrons.